The van der Waals surface area contributed by atoms with Gasteiger partial charge in [0.1, 0.15) is 5.82 Å². The first-order valence-electron chi connectivity index (χ1n) is 9.16. The molecule has 0 radical (unpaired) electrons. The summed E-state index contributed by atoms with van der Waals surface area (Å²) in [6.07, 6.45) is 4.29. The van der Waals surface area contributed by atoms with E-state index >= 15 is 0 Å². The molecule has 0 aliphatic carbocycles. The minimum atomic E-state index is -3.21. The Labute approximate surface area is 174 Å². The molecule has 1 aliphatic rings. The monoisotopic (exact) mass is 433 g/mol. The Kier molecular flexibility index (Phi) is 5.53. The smallest absolute Gasteiger partial charge is 0.261 e. The lowest BCUT2D eigenvalue weighted by Crippen LogP contribution is -2.44. The predicted octanol–water partition coefficient (Wildman–Crippen LogP) is 2.97. The number of sulfonamides is 1. The van der Waals surface area contributed by atoms with E-state index in [-0.39, 0.29) is 6.04 Å². The van der Waals surface area contributed by atoms with Crippen molar-refractivity contribution in [2.75, 3.05) is 24.2 Å². The van der Waals surface area contributed by atoms with E-state index in [4.69, 9.17) is 16.1 Å². The molecule has 0 amide bonds. The van der Waals surface area contributed by atoms with Gasteiger partial charge in [-0.1, -0.05) is 28.9 Å². The topological polar surface area (TPSA) is 101 Å². The normalized spacial score (nSPS) is 15.6. The van der Waals surface area contributed by atoms with Crippen LogP contribution in [0.1, 0.15) is 12.8 Å². The van der Waals surface area contributed by atoms with E-state index in [9.17, 15) is 8.42 Å². The zero-order valence-electron chi connectivity index (χ0n) is 15.7. The largest absolute Gasteiger partial charge is 0.356 e. The third kappa shape index (κ3) is 4.75. The summed E-state index contributed by atoms with van der Waals surface area (Å²) in [5.41, 5.74) is 1.51. The zero-order chi connectivity index (χ0) is 20.4. The molecule has 0 saturated carbocycles. The molecule has 1 N–H and O–H groups in total. The Hall–Kier alpha value is -2.49. The fourth-order valence-electron chi connectivity index (χ4n) is 3.41. The predicted molar refractivity (Wildman–Crippen MR) is 111 cm³/mol. The first-order chi connectivity index (χ1) is 13.9. The van der Waals surface area contributed by atoms with Crippen molar-refractivity contribution in [2.45, 2.75) is 18.9 Å². The number of benzene rings is 1. The summed E-state index contributed by atoms with van der Waals surface area (Å²) in [7, 11) is -3.21. The van der Waals surface area contributed by atoms with Crippen LogP contribution in [0.3, 0.4) is 0 Å². The van der Waals surface area contributed by atoms with Gasteiger partial charge in [-0.25, -0.2) is 18.1 Å². The van der Waals surface area contributed by atoms with E-state index in [1.807, 2.05) is 24.3 Å². The number of aromatic nitrogens is 3. The summed E-state index contributed by atoms with van der Waals surface area (Å²) >= 11 is 6.05. The lowest BCUT2D eigenvalue weighted by atomic mass is 10.1. The van der Waals surface area contributed by atoms with Gasteiger partial charge < -0.3 is 9.42 Å². The molecule has 29 heavy (non-hydrogen) atoms. The van der Waals surface area contributed by atoms with E-state index in [1.54, 1.807) is 18.3 Å². The summed E-state index contributed by atoms with van der Waals surface area (Å²) < 4.78 is 31.1. The molecule has 0 bridgehead atoms. The number of rotatable bonds is 5. The van der Waals surface area contributed by atoms with Crippen molar-refractivity contribution in [1.82, 2.24) is 19.8 Å². The highest BCUT2D eigenvalue weighted by Gasteiger charge is 2.25. The van der Waals surface area contributed by atoms with Gasteiger partial charge in [-0.3, -0.25) is 0 Å². The Balaban J connectivity index is 1.56. The van der Waals surface area contributed by atoms with Gasteiger partial charge in [-0.05, 0) is 37.1 Å². The maximum atomic E-state index is 11.5. The van der Waals surface area contributed by atoms with E-state index in [2.05, 4.69) is 24.7 Å². The average Bonchev–Trinajstić information content (AvgIpc) is 3.18. The lowest BCUT2D eigenvalue weighted by molar-refractivity contribution is 0.431. The molecule has 0 atom stereocenters. The molecule has 3 aromatic rings. The number of piperidine rings is 1. The van der Waals surface area contributed by atoms with Crippen LogP contribution in [-0.2, 0) is 10.0 Å². The molecule has 4 rings (SSSR count). The molecular weight excluding hydrogens is 414 g/mol. The number of halogens is 1. The first-order valence-corrected chi connectivity index (χ1v) is 11.4. The van der Waals surface area contributed by atoms with Crippen molar-refractivity contribution in [3.8, 4) is 22.8 Å². The highest BCUT2D eigenvalue weighted by Crippen LogP contribution is 2.31. The van der Waals surface area contributed by atoms with Crippen LogP contribution in [0.4, 0.5) is 5.82 Å². The van der Waals surface area contributed by atoms with E-state index in [1.165, 1.54) is 6.26 Å². The third-order valence-corrected chi connectivity index (χ3v) is 5.70. The highest BCUT2D eigenvalue weighted by atomic mass is 35.5. The van der Waals surface area contributed by atoms with Crippen molar-refractivity contribution >= 4 is 27.4 Å². The van der Waals surface area contributed by atoms with Crippen LogP contribution in [0.15, 0.2) is 47.1 Å². The van der Waals surface area contributed by atoms with Crippen molar-refractivity contribution in [2.24, 2.45) is 0 Å². The van der Waals surface area contributed by atoms with Gasteiger partial charge in [0.25, 0.3) is 5.89 Å². The van der Waals surface area contributed by atoms with E-state index in [0.717, 1.165) is 16.9 Å². The number of hydrogen-bond acceptors (Lipinski definition) is 7. The Morgan fingerprint density at radius 3 is 2.72 bits per heavy atom. The minimum absolute atomic E-state index is 0.0637. The Morgan fingerprint density at radius 1 is 1.21 bits per heavy atom. The van der Waals surface area contributed by atoms with E-state index in [0.29, 0.717) is 42.7 Å². The van der Waals surface area contributed by atoms with Gasteiger partial charge in [-0.15, -0.1) is 0 Å². The molecule has 1 aromatic carbocycles. The molecule has 0 unspecified atom stereocenters. The Bertz CT molecular complexity index is 1110. The molecule has 1 fully saturated rings. The van der Waals surface area contributed by atoms with Crippen LogP contribution in [0.2, 0.25) is 5.02 Å². The molecule has 2 aromatic heterocycles. The van der Waals surface area contributed by atoms with E-state index < -0.39 is 10.0 Å². The number of nitrogens with one attached hydrogen (secondary N) is 1. The average molecular weight is 434 g/mol. The fourth-order valence-corrected chi connectivity index (χ4v) is 4.44. The fraction of sp³-hybridized carbons (Fsp3) is 0.316. The van der Waals surface area contributed by atoms with Gasteiger partial charge in [0, 0.05) is 35.9 Å². The second kappa shape index (κ2) is 8.10. The highest BCUT2D eigenvalue weighted by molar-refractivity contribution is 7.88. The minimum Gasteiger partial charge on any atom is -0.356 e. The third-order valence-electron chi connectivity index (χ3n) is 4.70. The molecule has 8 nitrogen and oxygen atoms in total. The summed E-state index contributed by atoms with van der Waals surface area (Å²) in [6.45, 7) is 1.35. The van der Waals surface area contributed by atoms with Crippen LogP contribution < -0.4 is 9.62 Å². The number of hydrogen-bond donors (Lipinski definition) is 1. The molecule has 10 heteroatoms. The summed E-state index contributed by atoms with van der Waals surface area (Å²) in [4.78, 5) is 11.1. The second-order valence-corrected chi connectivity index (χ2v) is 9.18. The van der Waals surface area contributed by atoms with Crippen molar-refractivity contribution in [3.63, 3.8) is 0 Å². The standard InChI is InChI=1S/C19H20ClN5O3S/c1-29(26,27)24-15-7-10-25(11-8-15)18-16(6-3-9-21-18)19-22-17(23-28-19)13-4-2-5-14(20)12-13/h2-6,9,12,15,24H,7-8,10-11H2,1H3. The van der Waals surface area contributed by atoms with Crippen LogP contribution in [-0.4, -0.2) is 48.9 Å². The number of nitrogens with zero attached hydrogens (tertiary/aromatic N) is 4. The second-order valence-electron chi connectivity index (χ2n) is 6.96. The van der Waals surface area contributed by atoms with Crippen LogP contribution in [0, 0.1) is 0 Å². The Morgan fingerprint density at radius 2 is 2.00 bits per heavy atom. The van der Waals surface area contributed by atoms with Gasteiger partial charge in [0.05, 0.1) is 11.8 Å². The molecule has 1 saturated heterocycles. The zero-order valence-corrected chi connectivity index (χ0v) is 17.3. The van der Waals surface area contributed by atoms with Crippen LogP contribution >= 0.6 is 11.6 Å². The summed E-state index contributed by atoms with van der Waals surface area (Å²) in [6, 6.07) is 10.9. The van der Waals surface area contributed by atoms with Gasteiger partial charge in [0.2, 0.25) is 15.8 Å². The van der Waals surface area contributed by atoms with Crippen molar-refractivity contribution in [1.29, 1.82) is 0 Å². The van der Waals surface area contributed by atoms with Crippen molar-refractivity contribution in [3.05, 3.63) is 47.6 Å². The maximum absolute atomic E-state index is 11.5. The maximum Gasteiger partial charge on any atom is 0.261 e. The van der Waals surface area contributed by atoms with Gasteiger partial charge in [-0.2, -0.15) is 4.98 Å². The molecule has 3 heterocycles. The van der Waals surface area contributed by atoms with Crippen molar-refractivity contribution < 1.29 is 12.9 Å². The first kappa shape index (κ1) is 19.8. The summed E-state index contributed by atoms with van der Waals surface area (Å²) in [5, 5.41) is 4.67. The van der Waals surface area contributed by atoms with Crippen LogP contribution in [0.5, 0.6) is 0 Å². The number of anilines is 1. The van der Waals surface area contributed by atoms with Gasteiger partial charge >= 0.3 is 0 Å². The van der Waals surface area contributed by atoms with Crippen LogP contribution in [0.25, 0.3) is 22.8 Å². The van der Waals surface area contributed by atoms with Gasteiger partial charge in [0.15, 0.2) is 0 Å². The number of pyridine rings is 1. The molecule has 1 aliphatic heterocycles. The lowest BCUT2D eigenvalue weighted by Gasteiger charge is -2.33. The SMILES string of the molecule is CS(=O)(=O)NC1CCN(c2ncccc2-c2nc(-c3cccc(Cl)c3)no2)CC1. The molecular formula is C19H20ClN5O3S. The summed E-state index contributed by atoms with van der Waals surface area (Å²) in [5.74, 6) is 1.57. The molecule has 0 spiro atoms. The quantitative estimate of drug-likeness (QED) is 0.659. The molecule has 152 valence electrons.